The van der Waals surface area contributed by atoms with Crippen molar-refractivity contribution in [2.75, 3.05) is 11.8 Å². The third-order valence-corrected chi connectivity index (χ3v) is 1.48. The highest BCUT2D eigenvalue weighted by Crippen LogP contribution is 2.11. The topological polar surface area (TPSA) is 29.5 Å². The van der Waals surface area contributed by atoms with E-state index < -0.39 is 11.8 Å². The van der Waals surface area contributed by atoms with Crippen LogP contribution in [0.4, 0.5) is 0 Å². The van der Waals surface area contributed by atoms with E-state index in [4.69, 9.17) is 15.3 Å². The van der Waals surface area contributed by atoms with Crippen molar-refractivity contribution in [2.45, 2.75) is 6.61 Å². The Morgan fingerprint density at radius 2 is 2.08 bits per heavy atom. The van der Waals surface area contributed by atoms with Gasteiger partial charge in [-0.05, 0) is 17.7 Å². The van der Waals surface area contributed by atoms with E-state index in [1.54, 1.807) is 12.1 Å². The molecule has 1 aromatic carbocycles. The lowest BCUT2D eigenvalue weighted by Crippen LogP contribution is -1.97. The molecule has 1 aromatic rings. The van der Waals surface area contributed by atoms with Crippen LogP contribution in [0.1, 0.15) is 11.0 Å². The molecule has 0 saturated heterocycles. The van der Waals surface area contributed by atoms with Crippen LogP contribution in [0, 0.1) is 0 Å². The van der Waals surface area contributed by atoms with Crippen molar-refractivity contribution >= 4 is 15.9 Å². The number of hydrogen-bond acceptors (Lipinski definition) is 2. The highest BCUT2D eigenvalue weighted by atomic mass is 79.9. The van der Waals surface area contributed by atoms with Crippen LogP contribution in [-0.2, 0) is 6.61 Å². The van der Waals surface area contributed by atoms with Crippen LogP contribution in [-0.4, -0.2) is 16.9 Å². The van der Waals surface area contributed by atoms with Gasteiger partial charge in [-0.2, -0.15) is 0 Å². The predicted octanol–water partition coefficient (Wildman–Crippen LogP) is 1.95. The molecular formula is C9H11BrO2. The van der Waals surface area contributed by atoms with Gasteiger partial charge < -0.3 is 9.84 Å². The van der Waals surface area contributed by atoms with Crippen molar-refractivity contribution in [1.82, 2.24) is 0 Å². The Balaban J connectivity index is 2.80. The fraction of sp³-hybridized carbons (Fsp3) is 0.333. The lowest BCUT2D eigenvalue weighted by molar-refractivity contribution is 0.281. The molecule has 66 valence electrons. The molecule has 1 rings (SSSR count). The average molecular weight is 235 g/mol. The minimum absolute atomic E-state index is 0.105. The molecule has 0 unspecified atom stereocenters. The predicted molar refractivity (Wildman–Crippen MR) is 51.7 cm³/mol. The zero-order valence-corrected chi connectivity index (χ0v) is 7.84. The molecule has 0 aliphatic carbocycles. The maximum Gasteiger partial charge on any atom is 0.119 e. The van der Waals surface area contributed by atoms with Gasteiger partial charge in [0, 0.05) is 8.02 Å². The number of aliphatic hydroxyl groups excluding tert-OH is 1. The van der Waals surface area contributed by atoms with Crippen LogP contribution in [0.2, 0.25) is 0 Å². The normalized spacial score (nSPS) is 17.2. The van der Waals surface area contributed by atoms with Crippen molar-refractivity contribution in [2.24, 2.45) is 0 Å². The summed E-state index contributed by atoms with van der Waals surface area (Å²) in [7, 11) is 0. The standard InChI is InChI=1S/C9H11BrO2/c10-5-6-12-9-3-1-8(7-11)2-4-9/h1-4,11H,5-7H2/i5D2,6D2. The van der Waals surface area contributed by atoms with Crippen molar-refractivity contribution in [3.05, 3.63) is 29.8 Å². The van der Waals surface area contributed by atoms with E-state index in [-0.39, 0.29) is 12.4 Å². The number of aliphatic hydroxyl groups is 1. The second-order valence-corrected chi connectivity index (χ2v) is 2.50. The highest BCUT2D eigenvalue weighted by Gasteiger charge is 1.92. The summed E-state index contributed by atoms with van der Waals surface area (Å²) < 4.78 is 34.1. The van der Waals surface area contributed by atoms with Gasteiger partial charge in [-0.25, -0.2) is 0 Å². The Labute approximate surface area is 85.9 Å². The van der Waals surface area contributed by atoms with Crippen LogP contribution in [0.5, 0.6) is 5.75 Å². The number of benzene rings is 1. The van der Waals surface area contributed by atoms with E-state index in [9.17, 15) is 0 Å². The molecule has 0 amide bonds. The first-order valence-corrected chi connectivity index (χ1v) is 4.13. The highest BCUT2D eigenvalue weighted by molar-refractivity contribution is 9.09. The molecule has 0 bridgehead atoms. The second-order valence-electron chi connectivity index (χ2n) is 2.10. The van der Waals surface area contributed by atoms with E-state index in [2.05, 4.69) is 15.9 Å². The summed E-state index contributed by atoms with van der Waals surface area (Å²) >= 11 is 2.58. The maximum absolute atomic E-state index is 8.81. The molecule has 12 heavy (non-hydrogen) atoms. The quantitative estimate of drug-likeness (QED) is 0.808. The van der Waals surface area contributed by atoms with Crippen molar-refractivity contribution in [3.8, 4) is 5.75 Å². The molecule has 0 fully saturated rings. The summed E-state index contributed by atoms with van der Waals surface area (Å²) in [5.74, 6) is 0.200. The summed E-state index contributed by atoms with van der Waals surface area (Å²) in [5.41, 5.74) is 0.676. The van der Waals surface area contributed by atoms with Gasteiger partial charge in [0.1, 0.15) is 5.75 Å². The van der Waals surface area contributed by atoms with Gasteiger partial charge in [-0.15, -0.1) is 0 Å². The number of halogens is 1. The molecule has 0 spiro atoms. The fourth-order valence-electron chi connectivity index (χ4n) is 0.741. The van der Waals surface area contributed by atoms with Gasteiger partial charge in [-0.3, -0.25) is 0 Å². The Kier molecular flexibility index (Phi) is 2.26. The molecule has 0 aliphatic heterocycles. The maximum atomic E-state index is 8.81. The Morgan fingerprint density at radius 1 is 1.42 bits per heavy atom. The number of ether oxygens (including phenoxy) is 1. The lowest BCUT2D eigenvalue weighted by Gasteiger charge is -2.03. The van der Waals surface area contributed by atoms with Gasteiger partial charge in [0.05, 0.1) is 15.9 Å². The Morgan fingerprint density at radius 3 is 2.58 bits per heavy atom. The molecule has 0 aromatic heterocycles. The first kappa shape index (κ1) is 5.25. The number of hydrogen-bond donors (Lipinski definition) is 1. The van der Waals surface area contributed by atoms with Gasteiger partial charge in [0.2, 0.25) is 0 Å². The van der Waals surface area contributed by atoms with Gasteiger partial charge in [0.15, 0.2) is 0 Å². The van der Waals surface area contributed by atoms with Gasteiger partial charge >= 0.3 is 0 Å². The molecule has 0 radical (unpaired) electrons. The summed E-state index contributed by atoms with van der Waals surface area (Å²) in [6.45, 7) is -2.58. The fourth-order valence-corrected chi connectivity index (χ4v) is 0.822. The SMILES string of the molecule is [2H]C([2H])(Br)C([2H])([2H])Oc1ccc(CO)cc1. The van der Waals surface area contributed by atoms with Gasteiger partial charge in [-0.1, -0.05) is 28.1 Å². The van der Waals surface area contributed by atoms with E-state index in [1.807, 2.05) is 0 Å². The largest absolute Gasteiger partial charge is 0.493 e. The minimum atomic E-state index is -2.48. The molecule has 0 saturated carbocycles. The van der Waals surface area contributed by atoms with E-state index >= 15 is 0 Å². The van der Waals surface area contributed by atoms with Crippen LogP contribution in [0.15, 0.2) is 24.3 Å². The molecule has 0 aliphatic rings. The van der Waals surface area contributed by atoms with Crippen LogP contribution < -0.4 is 4.74 Å². The van der Waals surface area contributed by atoms with Crippen LogP contribution in [0.3, 0.4) is 0 Å². The van der Waals surface area contributed by atoms with Crippen LogP contribution >= 0.6 is 15.9 Å². The second kappa shape index (κ2) is 5.17. The minimum Gasteiger partial charge on any atom is -0.493 e. The van der Waals surface area contributed by atoms with Crippen molar-refractivity contribution in [1.29, 1.82) is 0 Å². The molecule has 2 nitrogen and oxygen atoms in total. The van der Waals surface area contributed by atoms with E-state index in [0.717, 1.165) is 0 Å². The summed E-state index contributed by atoms with van der Waals surface area (Å²) in [6.07, 6.45) is 0. The van der Waals surface area contributed by atoms with Gasteiger partial charge in [0.25, 0.3) is 0 Å². The smallest absolute Gasteiger partial charge is 0.119 e. The first-order valence-electron chi connectivity index (χ1n) is 5.34. The van der Waals surface area contributed by atoms with E-state index in [0.29, 0.717) is 5.56 Å². The lowest BCUT2D eigenvalue weighted by atomic mass is 10.2. The third-order valence-electron chi connectivity index (χ3n) is 1.31. The Hall–Kier alpha value is -0.540. The zero-order chi connectivity index (χ0) is 12.4. The molecular weight excluding hydrogens is 220 g/mol. The summed E-state index contributed by atoms with van der Waals surface area (Å²) in [4.78, 5) is 0. The molecule has 3 heteroatoms. The Bertz CT molecular complexity index is 348. The molecule has 0 heterocycles. The number of rotatable bonds is 4. The summed E-state index contributed by atoms with van der Waals surface area (Å²) in [5, 5.41) is 6.53. The first-order chi connectivity index (χ1) is 7.26. The monoisotopic (exact) mass is 234 g/mol. The summed E-state index contributed by atoms with van der Waals surface area (Å²) in [6, 6.07) is 6.11. The van der Waals surface area contributed by atoms with Crippen LogP contribution in [0.25, 0.3) is 0 Å². The molecule has 1 N–H and O–H groups in total. The van der Waals surface area contributed by atoms with Crippen molar-refractivity contribution in [3.63, 3.8) is 0 Å². The zero-order valence-electron chi connectivity index (χ0n) is 10.2. The third kappa shape index (κ3) is 2.83. The van der Waals surface area contributed by atoms with Crippen molar-refractivity contribution < 1.29 is 15.3 Å². The average Bonchev–Trinajstić information content (AvgIpc) is 2.16. The molecule has 0 atom stereocenters. The number of alkyl halides is 1. The van der Waals surface area contributed by atoms with E-state index in [1.165, 1.54) is 12.1 Å².